The van der Waals surface area contributed by atoms with Crippen LogP contribution >= 0.6 is 0 Å². The minimum Gasteiger partial charge on any atom is -0.480 e. The van der Waals surface area contributed by atoms with Crippen LogP contribution in [0.1, 0.15) is 5.56 Å². The summed E-state index contributed by atoms with van der Waals surface area (Å²) in [7, 11) is 1.56. The van der Waals surface area contributed by atoms with Crippen LogP contribution in [0.2, 0.25) is 0 Å². The Morgan fingerprint density at radius 1 is 1.50 bits per heavy atom. The minimum absolute atomic E-state index is 0.0000765. The summed E-state index contributed by atoms with van der Waals surface area (Å²) in [5.74, 6) is -0.944. The molecule has 0 aliphatic carbocycles. The molecule has 1 aromatic carbocycles. The Kier molecular flexibility index (Phi) is 3.96. The topological polar surface area (TPSA) is 92.5 Å². The zero-order valence-electron chi connectivity index (χ0n) is 8.71. The molecule has 1 atom stereocenters. The van der Waals surface area contributed by atoms with Crippen LogP contribution in [0, 0.1) is 10.1 Å². The number of carboxylic acids is 1. The number of likely N-dealkylation sites (N-methyl/N-ethyl adjacent to an activating group) is 1. The number of benzene rings is 1. The van der Waals surface area contributed by atoms with Gasteiger partial charge in [-0.3, -0.25) is 14.9 Å². The van der Waals surface area contributed by atoms with Gasteiger partial charge in [0, 0.05) is 12.1 Å². The third kappa shape index (κ3) is 3.03. The second-order valence-electron chi connectivity index (χ2n) is 3.31. The number of carbonyl (C=O) groups is 1. The van der Waals surface area contributed by atoms with Gasteiger partial charge in [0.25, 0.3) is 5.69 Å². The van der Waals surface area contributed by atoms with E-state index in [9.17, 15) is 14.9 Å². The fourth-order valence-electron chi connectivity index (χ4n) is 1.30. The molecule has 0 radical (unpaired) electrons. The summed E-state index contributed by atoms with van der Waals surface area (Å²) < 4.78 is 0. The maximum atomic E-state index is 10.7. The highest BCUT2D eigenvalue weighted by Gasteiger charge is 2.15. The molecule has 0 aliphatic rings. The standard InChI is InChI=1S/C10H12N2O4/c1-11-9(10(13)14)6-7-2-4-8(5-3-7)12(15)16/h2-5,9,11H,6H2,1H3,(H,13,14)/t9-/m1/s1. The number of hydrogen-bond donors (Lipinski definition) is 2. The molecule has 1 aromatic rings. The van der Waals surface area contributed by atoms with Crippen LogP contribution in [-0.4, -0.2) is 29.1 Å². The highest BCUT2D eigenvalue weighted by Crippen LogP contribution is 2.13. The van der Waals surface area contributed by atoms with Gasteiger partial charge in [0.1, 0.15) is 6.04 Å². The van der Waals surface area contributed by atoms with Crippen LogP contribution in [0.4, 0.5) is 5.69 Å². The number of nitrogens with zero attached hydrogens (tertiary/aromatic N) is 1. The molecule has 6 heteroatoms. The normalized spacial score (nSPS) is 12.1. The monoisotopic (exact) mass is 224 g/mol. The molecule has 1 rings (SSSR count). The first-order valence-electron chi connectivity index (χ1n) is 4.68. The van der Waals surface area contributed by atoms with Crippen molar-refractivity contribution in [3.05, 3.63) is 39.9 Å². The molecule has 0 amide bonds. The fraction of sp³-hybridized carbons (Fsp3) is 0.300. The SMILES string of the molecule is CN[C@H](Cc1ccc([N+](=O)[O-])cc1)C(=O)O. The molecule has 0 unspecified atom stereocenters. The Labute approximate surface area is 92.0 Å². The van der Waals surface area contributed by atoms with E-state index in [4.69, 9.17) is 5.11 Å². The van der Waals surface area contributed by atoms with E-state index in [0.717, 1.165) is 5.56 Å². The summed E-state index contributed by atoms with van der Waals surface area (Å²) in [6.45, 7) is 0. The van der Waals surface area contributed by atoms with Crippen LogP contribution in [0.3, 0.4) is 0 Å². The zero-order chi connectivity index (χ0) is 12.1. The molecular weight excluding hydrogens is 212 g/mol. The third-order valence-corrected chi connectivity index (χ3v) is 2.23. The number of nitro benzene ring substituents is 1. The summed E-state index contributed by atoms with van der Waals surface area (Å²) in [6, 6.07) is 5.17. The van der Waals surface area contributed by atoms with Crippen molar-refractivity contribution < 1.29 is 14.8 Å². The summed E-state index contributed by atoms with van der Waals surface area (Å²) in [6.07, 6.45) is 0.295. The minimum atomic E-state index is -0.944. The molecule has 16 heavy (non-hydrogen) atoms. The van der Waals surface area contributed by atoms with Crippen LogP contribution in [0.25, 0.3) is 0 Å². The average Bonchev–Trinajstić information content (AvgIpc) is 2.26. The number of hydrogen-bond acceptors (Lipinski definition) is 4. The van der Waals surface area contributed by atoms with E-state index >= 15 is 0 Å². The molecule has 0 aromatic heterocycles. The van der Waals surface area contributed by atoms with Crippen molar-refractivity contribution in [2.75, 3.05) is 7.05 Å². The molecule has 0 saturated carbocycles. The predicted octanol–water partition coefficient (Wildman–Crippen LogP) is 0.810. The van der Waals surface area contributed by atoms with Gasteiger partial charge in [-0.25, -0.2) is 0 Å². The Balaban J connectivity index is 2.75. The van der Waals surface area contributed by atoms with Gasteiger partial charge in [0.15, 0.2) is 0 Å². The Morgan fingerprint density at radius 3 is 2.44 bits per heavy atom. The van der Waals surface area contributed by atoms with Crippen LogP contribution < -0.4 is 5.32 Å². The molecule has 2 N–H and O–H groups in total. The van der Waals surface area contributed by atoms with Crippen LogP contribution in [0.15, 0.2) is 24.3 Å². The first-order chi connectivity index (χ1) is 7.54. The van der Waals surface area contributed by atoms with Crippen molar-refractivity contribution in [3.8, 4) is 0 Å². The summed E-state index contributed by atoms with van der Waals surface area (Å²) in [5.41, 5.74) is 0.743. The van der Waals surface area contributed by atoms with Gasteiger partial charge < -0.3 is 10.4 Å². The van der Waals surface area contributed by atoms with Gasteiger partial charge in [0.2, 0.25) is 0 Å². The number of carboxylic acid groups (broad SMARTS) is 1. The van der Waals surface area contributed by atoms with Gasteiger partial charge in [-0.2, -0.15) is 0 Å². The average molecular weight is 224 g/mol. The van der Waals surface area contributed by atoms with E-state index in [1.54, 1.807) is 19.2 Å². The van der Waals surface area contributed by atoms with Crippen molar-refractivity contribution in [1.82, 2.24) is 5.32 Å². The molecule has 86 valence electrons. The van der Waals surface area contributed by atoms with Crippen molar-refractivity contribution in [2.24, 2.45) is 0 Å². The number of rotatable bonds is 5. The van der Waals surface area contributed by atoms with E-state index in [2.05, 4.69) is 5.32 Å². The maximum absolute atomic E-state index is 10.7. The maximum Gasteiger partial charge on any atom is 0.321 e. The Hall–Kier alpha value is -1.95. The number of nitrogens with one attached hydrogen (secondary N) is 1. The van der Waals surface area contributed by atoms with Gasteiger partial charge in [0.05, 0.1) is 4.92 Å². The van der Waals surface area contributed by atoms with Crippen molar-refractivity contribution >= 4 is 11.7 Å². The first-order valence-corrected chi connectivity index (χ1v) is 4.68. The number of aliphatic carboxylic acids is 1. The second kappa shape index (κ2) is 5.22. The predicted molar refractivity (Wildman–Crippen MR) is 57.3 cm³/mol. The fourth-order valence-corrected chi connectivity index (χ4v) is 1.30. The Bertz CT molecular complexity index is 388. The van der Waals surface area contributed by atoms with Crippen molar-refractivity contribution in [2.45, 2.75) is 12.5 Å². The van der Waals surface area contributed by atoms with Gasteiger partial charge >= 0.3 is 5.97 Å². The van der Waals surface area contributed by atoms with Crippen LogP contribution in [0.5, 0.6) is 0 Å². The lowest BCUT2D eigenvalue weighted by Gasteiger charge is -2.10. The summed E-state index contributed by atoms with van der Waals surface area (Å²) in [4.78, 5) is 20.6. The molecule has 6 nitrogen and oxygen atoms in total. The van der Waals surface area contributed by atoms with E-state index < -0.39 is 16.9 Å². The second-order valence-corrected chi connectivity index (χ2v) is 3.31. The van der Waals surface area contributed by atoms with E-state index in [1.165, 1.54) is 12.1 Å². The lowest BCUT2D eigenvalue weighted by Crippen LogP contribution is -2.35. The van der Waals surface area contributed by atoms with Crippen molar-refractivity contribution in [1.29, 1.82) is 0 Å². The molecule has 0 bridgehead atoms. The molecule has 0 heterocycles. The van der Waals surface area contributed by atoms with Crippen LogP contribution in [-0.2, 0) is 11.2 Å². The molecular formula is C10H12N2O4. The number of nitro groups is 1. The number of non-ortho nitro benzene ring substituents is 1. The third-order valence-electron chi connectivity index (χ3n) is 2.23. The smallest absolute Gasteiger partial charge is 0.321 e. The molecule has 0 fully saturated rings. The van der Waals surface area contributed by atoms with Crippen molar-refractivity contribution in [3.63, 3.8) is 0 Å². The molecule has 0 aliphatic heterocycles. The van der Waals surface area contributed by atoms with Gasteiger partial charge in [-0.15, -0.1) is 0 Å². The lowest BCUT2D eigenvalue weighted by atomic mass is 10.1. The highest BCUT2D eigenvalue weighted by atomic mass is 16.6. The molecule has 0 saturated heterocycles. The summed E-state index contributed by atoms with van der Waals surface area (Å²) >= 11 is 0. The summed E-state index contributed by atoms with van der Waals surface area (Å²) in [5, 5.41) is 21.9. The van der Waals surface area contributed by atoms with E-state index in [0.29, 0.717) is 6.42 Å². The zero-order valence-corrected chi connectivity index (χ0v) is 8.71. The molecule has 0 spiro atoms. The first kappa shape index (κ1) is 12.1. The Morgan fingerprint density at radius 2 is 2.06 bits per heavy atom. The highest BCUT2D eigenvalue weighted by molar-refractivity contribution is 5.73. The van der Waals surface area contributed by atoms with Gasteiger partial charge in [-0.05, 0) is 19.0 Å². The van der Waals surface area contributed by atoms with E-state index in [-0.39, 0.29) is 5.69 Å². The lowest BCUT2D eigenvalue weighted by molar-refractivity contribution is -0.384. The van der Waals surface area contributed by atoms with E-state index in [1.807, 2.05) is 0 Å². The largest absolute Gasteiger partial charge is 0.480 e. The van der Waals surface area contributed by atoms with Gasteiger partial charge in [-0.1, -0.05) is 12.1 Å². The quantitative estimate of drug-likeness (QED) is 0.570.